The van der Waals surface area contributed by atoms with Crippen molar-refractivity contribution >= 4 is 16.9 Å². The summed E-state index contributed by atoms with van der Waals surface area (Å²) in [6, 6.07) is 0.320. The molecule has 6 nitrogen and oxygen atoms in total. The van der Waals surface area contributed by atoms with E-state index in [4.69, 9.17) is 5.73 Å². The SMILES string of the molecule is CC(C)(C)n1ncc2c(N3CCC(N)CC3)ncnc21. The molecule has 2 N–H and O–H groups in total. The molecule has 0 radical (unpaired) electrons. The standard InChI is InChI=1S/C14H22N6/c1-14(2,3)20-13-11(8-18-20)12(16-9-17-13)19-6-4-10(15)5-7-19/h8-10H,4-7,15H2,1-3H3. The van der Waals surface area contributed by atoms with Crippen LogP contribution >= 0.6 is 0 Å². The fourth-order valence-corrected chi connectivity index (χ4v) is 2.69. The van der Waals surface area contributed by atoms with Crippen LogP contribution in [0.1, 0.15) is 33.6 Å². The van der Waals surface area contributed by atoms with Gasteiger partial charge >= 0.3 is 0 Å². The van der Waals surface area contributed by atoms with Gasteiger partial charge in [0.25, 0.3) is 0 Å². The third kappa shape index (κ3) is 2.24. The molecule has 108 valence electrons. The molecule has 1 aliphatic heterocycles. The molecule has 1 aliphatic rings. The predicted molar refractivity (Wildman–Crippen MR) is 79.7 cm³/mol. The van der Waals surface area contributed by atoms with Gasteiger partial charge in [-0.15, -0.1) is 0 Å². The number of piperidine rings is 1. The van der Waals surface area contributed by atoms with Gasteiger partial charge in [0.15, 0.2) is 5.65 Å². The second-order valence-corrected chi connectivity index (χ2v) is 6.49. The summed E-state index contributed by atoms with van der Waals surface area (Å²) in [5.74, 6) is 0.984. The van der Waals surface area contributed by atoms with Crippen molar-refractivity contribution in [1.82, 2.24) is 19.7 Å². The zero-order chi connectivity index (χ0) is 14.3. The van der Waals surface area contributed by atoms with Crippen molar-refractivity contribution in [2.45, 2.75) is 45.2 Å². The normalized spacial score (nSPS) is 17.9. The molecule has 3 heterocycles. The lowest BCUT2D eigenvalue weighted by Crippen LogP contribution is -2.40. The quantitative estimate of drug-likeness (QED) is 0.853. The van der Waals surface area contributed by atoms with Crippen LogP contribution in [0.4, 0.5) is 5.82 Å². The third-order valence-corrected chi connectivity index (χ3v) is 3.82. The van der Waals surface area contributed by atoms with Crippen molar-refractivity contribution in [3.05, 3.63) is 12.5 Å². The summed E-state index contributed by atoms with van der Waals surface area (Å²) in [4.78, 5) is 11.2. The maximum atomic E-state index is 5.97. The molecule has 1 fully saturated rings. The van der Waals surface area contributed by atoms with E-state index in [9.17, 15) is 0 Å². The summed E-state index contributed by atoms with van der Waals surface area (Å²) >= 11 is 0. The Kier molecular flexibility index (Phi) is 3.12. The number of hydrogen-bond donors (Lipinski definition) is 1. The van der Waals surface area contributed by atoms with Crippen molar-refractivity contribution in [2.24, 2.45) is 5.73 Å². The highest BCUT2D eigenvalue weighted by Gasteiger charge is 2.23. The van der Waals surface area contributed by atoms with E-state index in [0.717, 1.165) is 42.8 Å². The number of nitrogens with zero attached hydrogens (tertiary/aromatic N) is 5. The topological polar surface area (TPSA) is 72.9 Å². The van der Waals surface area contributed by atoms with E-state index >= 15 is 0 Å². The van der Waals surface area contributed by atoms with Gasteiger partial charge in [0.1, 0.15) is 12.1 Å². The zero-order valence-corrected chi connectivity index (χ0v) is 12.4. The van der Waals surface area contributed by atoms with Gasteiger partial charge in [-0.1, -0.05) is 0 Å². The Morgan fingerprint density at radius 1 is 1.20 bits per heavy atom. The van der Waals surface area contributed by atoms with E-state index in [1.165, 1.54) is 0 Å². The van der Waals surface area contributed by atoms with Crippen LogP contribution < -0.4 is 10.6 Å². The van der Waals surface area contributed by atoms with Gasteiger partial charge < -0.3 is 10.6 Å². The largest absolute Gasteiger partial charge is 0.356 e. The van der Waals surface area contributed by atoms with Gasteiger partial charge in [0.2, 0.25) is 0 Å². The van der Waals surface area contributed by atoms with Crippen molar-refractivity contribution < 1.29 is 0 Å². The Morgan fingerprint density at radius 3 is 2.55 bits per heavy atom. The molecule has 0 bridgehead atoms. The zero-order valence-electron chi connectivity index (χ0n) is 12.4. The molecule has 6 heteroatoms. The Hall–Kier alpha value is -1.69. The highest BCUT2D eigenvalue weighted by Crippen LogP contribution is 2.27. The number of aromatic nitrogens is 4. The minimum absolute atomic E-state index is 0.0857. The van der Waals surface area contributed by atoms with Gasteiger partial charge in [-0.3, -0.25) is 0 Å². The maximum absolute atomic E-state index is 5.97. The Bertz CT molecular complexity index is 604. The smallest absolute Gasteiger partial charge is 0.163 e. The number of hydrogen-bond acceptors (Lipinski definition) is 5. The van der Waals surface area contributed by atoms with E-state index in [1.807, 2.05) is 10.9 Å². The summed E-state index contributed by atoms with van der Waals surface area (Å²) in [5.41, 5.74) is 6.79. The lowest BCUT2D eigenvalue weighted by molar-refractivity contribution is 0.366. The van der Waals surface area contributed by atoms with Gasteiger partial charge in [-0.05, 0) is 33.6 Å². The molecule has 0 atom stereocenters. The first kappa shape index (κ1) is 13.3. The molecular formula is C14H22N6. The van der Waals surface area contributed by atoms with Crippen molar-refractivity contribution in [2.75, 3.05) is 18.0 Å². The summed E-state index contributed by atoms with van der Waals surface area (Å²) in [5, 5.41) is 5.53. The molecule has 0 spiro atoms. The van der Waals surface area contributed by atoms with Crippen molar-refractivity contribution in [3.8, 4) is 0 Å². The van der Waals surface area contributed by atoms with Gasteiger partial charge in [0.05, 0.1) is 17.1 Å². The summed E-state index contributed by atoms with van der Waals surface area (Å²) in [7, 11) is 0. The lowest BCUT2D eigenvalue weighted by Gasteiger charge is -2.31. The van der Waals surface area contributed by atoms with Crippen LogP contribution in [0, 0.1) is 0 Å². The second-order valence-electron chi connectivity index (χ2n) is 6.49. The fourth-order valence-electron chi connectivity index (χ4n) is 2.69. The van der Waals surface area contributed by atoms with E-state index in [1.54, 1.807) is 6.33 Å². The first-order chi connectivity index (χ1) is 9.47. The van der Waals surface area contributed by atoms with E-state index < -0.39 is 0 Å². The fraction of sp³-hybridized carbons (Fsp3) is 0.643. The average Bonchev–Trinajstić information content (AvgIpc) is 2.83. The first-order valence-corrected chi connectivity index (χ1v) is 7.16. The molecule has 2 aromatic rings. The molecule has 1 saturated heterocycles. The monoisotopic (exact) mass is 274 g/mol. The Balaban J connectivity index is 2.03. The van der Waals surface area contributed by atoms with Crippen LogP contribution in [0.2, 0.25) is 0 Å². The summed E-state index contributed by atoms with van der Waals surface area (Å²) in [6.07, 6.45) is 5.54. The maximum Gasteiger partial charge on any atom is 0.163 e. The highest BCUT2D eigenvalue weighted by molar-refractivity contribution is 5.86. The number of fused-ring (bicyclic) bond motifs is 1. The molecule has 0 aliphatic carbocycles. The van der Waals surface area contributed by atoms with Crippen LogP contribution in [-0.2, 0) is 5.54 Å². The van der Waals surface area contributed by atoms with Crippen LogP contribution in [0.5, 0.6) is 0 Å². The van der Waals surface area contributed by atoms with Crippen molar-refractivity contribution in [1.29, 1.82) is 0 Å². The average molecular weight is 274 g/mol. The number of rotatable bonds is 1. The van der Waals surface area contributed by atoms with Crippen LogP contribution in [0.15, 0.2) is 12.5 Å². The number of anilines is 1. The Morgan fingerprint density at radius 2 is 1.90 bits per heavy atom. The lowest BCUT2D eigenvalue weighted by atomic mass is 10.1. The van der Waals surface area contributed by atoms with E-state index in [-0.39, 0.29) is 5.54 Å². The van der Waals surface area contributed by atoms with E-state index in [2.05, 4.69) is 40.7 Å². The van der Waals surface area contributed by atoms with Gasteiger partial charge in [-0.25, -0.2) is 14.6 Å². The molecule has 0 aromatic carbocycles. The molecule has 3 rings (SSSR count). The van der Waals surface area contributed by atoms with Crippen LogP contribution in [0.25, 0.3) is 11.0 Å². The molecule has 0 unspecified atom stereocenters. The van der Waals surface area contributed by atoms with E-state index in [0.29, 0.717) is 6.04 Å². The highest BCUT2D eigenvalue weighted by atomic mass is 15.3. The number of nitrogens with two attached hydrogens (primary N) is 1. The molecule has 2 aromatic heterocycles. The minimum Gasteiger partial charge on any atom is -0.356 e. The molecule has 20 heavy (non-hydrogen) atoms. The van der Waals surface area contributed by atoms with Gasteiger partial charge in [0, 0.05) is 19.1 Å². The summed E-state index contributed by atoms with van der Waals surface area (Å²) < 4.78 is 1.96. The predicted octanol–water partition coefficient (Wildman–Crippen LogP) is 1.51. The van der Waals surface area contributed by atoms with Crippen molar-refractivity contribution in [3.63, 3.8) is 0 Å². The minimum atomic E-state index is -0.0857. The summed E-state index contributed by atoms with van der Waals surface area (Å²) in [6.45, 7) is 8.28. The first-order valence-electron chi connectivity index (χ1n) is 7.16. The van der Waals surface area contributed by atoms with Crippen LogP contribution in [-0.4, -0.2) is 38.9 Å². The molecule has 0 saturated carbocycles. The third-order valence-electron chi connectivity index (χ3n) is 3.82. The Labute approximate surface area is 119 Å². The molecule has 0 amide bonds. The second kappa shape index (κ2) is 4.70. The van der Waals surface area contributed by atoms with Gasteiger partial charge in [-0.2, -0.15) is 5.10 Å². The molecular weight excluding hydrogens is 252 g/mol. The van der Waals surface area contributed by atoms with Crippen LogP contribution in [0.3, 0.4) is 0 Å².